The highest BCUT2D eigenvalue weighted by Crippen LogP contribution is 1.94. The van der Waals surface area contributed by atoms with Crippen molar-refractivity contribution < 1.29 is 13.2 Å². The monoisotopic (exact) mass is 221 g/mol. The van der Waals surface area contributed by atoms with Gasteiger partial charge in [0.2, 0.25) is 15.9 Å². The van der Waals surface area contributed by atoms with E-state index in [2.05, 4.69) is 10.0 Å². The first-order valence-corrected chi connectivity index (χ1v) is 6.09. The molecule has 82 valence electrons. The van der Waals surface area contributed by atoms with Crippen LogP contribution in [0.2, 0.25) is 0 Å². The van der Waals surface area contributed by atoms with E-state index in [0.29, 0.717) is 26.2 Å². The largest absolute Gasteiger partial charge is 0.354 e. The molecule has 1 rings (SSSR count). The number of hydrogen-bond acceptors (Lipinski definition) is 4. The summed E-state index contributed by atoms with van der Waals surface area (Å²) in [6.07, 6.45) is 0. The first-order chi connectivity index (χ1) is 6.53. The van der Waals surface area contributed by atoms with Gasteiger partial charge in [0.1, 0.15) is 0 Å². The summed E-state index contributed by atoms with van der Waals surface area (Å²) in [5.41, 5.74) is 0. The maximum atomic E-state index is 11.1. The van der Waals surface area contributed by atoms with Gasteiger partial charge in [-0.25, -0.2) is 13.1 Å². The Hall–Kier alpha value is -0.660. The molecule has 0 aliphatic carbocycles. The van der Waals surface area contributed by atoms with Crippen LogP contribution < -0.4 is 10.0 Å². The Kier molecular flexibility index (Phi) is 3.85. The Morgan fingerprint density at radius 2 is 2.29 bits per heavy atom. The van der Waals surface area contributed by atoms with Gasteiger partial charge >= 0.3 is 0 Å². The van der Waals surface area contributed by atoms with Crippen LogP contribution in [-0.2, 0) is 14.8 Å². The predicted octanol–water partition coefficient (Wildman–Crippen LogP) is -2.03. The summed E-state index contributed by atoms with van der Waals surface area (Å²) in [5, 5.41) is 2.68. The third-order valence-electron chi connectivity index (χ3n) is 2.10. The van der Waals surface area contributed by atoms with Gasteiger partial charge in [0.15, 0.2) is 0 Å². The minimum absolute atomic E-state index is 0.0385. The van der Waals surface area contributed by atoms with E-state index in [1.807, 2.05) is 4.90 Å². The first-order valence-electron chi connectivity index (χ1n) is 4.44. The summed E-state index contributed by atoms with van der Waals surface area (Å²) in [6, 6.07) is 0. The van der Waals surface area contributed by atoms with Crippen molar-refractivity contribution in [1.82, 2.24) is 14.9 Å². The van der Waals surface area contributed by atoms with E-state index in [4.69, 9.17) is 0 Å². The number of nitrogens with zero attached hydrogens (tertiary/aromatic N) is 1. The van der Waals surface area contributed by atoms with Crippen molar-refractivity contribution in [2.45, 2.75) is 0 Å². The number of nitrogens with one attached hydrogen (secondary N) is 2. The molecule has 1 fully saturated rings. The highest BCUT2D eigenvalue weighted by atomic mass is 32.2. The minimum atomic E-state index is -3.16. The van der Waals surface area contributed by atoms with Crippen molar-refractivity contribution in [3.8, 4) is 0 Å². The van der Waals surface area contributed by atoms with Gasteiger partial charge in [-0.3, -0.25) is 9.69 Å². The molecule has 0 saturated carbocycles. The number of carbonyl (C=O) groups is 1. The Balaban J connectivity index is 2.34. The summed E-state index contributed by atoms with van der Waals surface area (Å²) in [4.78, 5) is 12.8. The summed E-state index contributed by atoms with van der Waals surface area (Å²) in [6.45, 7) is 2.00. The molecule has 1 aliphatic rings. The smallest absolute Gasteiger partial charge is 0.234 e. The van der Waals surface area contributed by atoms with Crippen molar-refractivity contribution in [1.29, 1.82) is 0 Å². The summed E-state index contributed by atoms with van der Waals surface area (Å²) >= 11 is 0. The van der Waals surface area contributed by atoms with Crippen LogP contribution in [0.4, 0.5) is 0 Å². The average molecular weight is 221 g/mol. The van der Waals surface area contributed by atoms with Crippen LogP contribution in [0.5, 0.6) is 0 Å². The Morgan fingerprint density at radius 3 is 2.86 bits per heavy atom. The van der Waals surface area contributed by atoms with Crippen LogP contribution in [0.3, 0.4) is 0 Å². The molecule has 1 aliphatic heterocycles. The Morgan fingerprint density at radius 1 is 1.57 bits per heavy atom. The first kappa shape index (κ1) is 11.4. The highest BCUT2D eigenvalue weighted by molar-refractivity contribution is 7.89. The van der Waals surface area contributed by atoms with Crippen LogP contribution in [0.1, 0.15) is 0 Å². The molecule has 0 bridgehead atoms. The second-order valence-corrected chi connectivity index (χ2v) is 5.20. The Labute approximate surface area is 83.7 Å². The zero-order chi connectivity index (χ0) is 10.6. The van der Waals surface area contributed by atoms with Gasteiger partial charge in [-0.2, -0.15) is 0 Å². The maximum Gasteiger partial charge on any atom is 0.234 e. The molecule has 2 N–H and O–H groups in total. The van der Waals surface area contributed by atoms with Gasteiger partial charge in [0.05, 0.1) is 12.3 Å². The molecule has 7 heteroatoms. The van der Waals surface area contributed by atoms with Gasteiger partial charge < -0.3 is 5.32 Å². The second kappa shape index (κ2) is 4.72. The summed E-state index contributed by atoms with van der Waals surface area (Å²) < 4.78 is 24.4. The fourth-order valence-electron chi connectivity index (χ4n) is 1.23. The maximum absolute atomic E-state index is 11.1. The van der Waals surface area contributed by atoms with Gasteiger partial charge in [-0.15, -0.1) is 0 Å². The molecule has 0 radical (unpaired) electrons. The lowest BCUT2D eigenvalue weighted by Gasteiger charge is -2.25. The predicted molar refractivity (Wildman–Crippen MR) is 52.3 cm³/mol. The van der Waals surface area contributed by atoms with Crippen molar-refractivity contribution in [2.75, 3.05) is 39.0 Å². The topological polar surface area (TPSA) is 78.5 Å². The molecular weight excluding hydrogens is 206 g/mol. The number of sulfonamides is 1. The lowest BCUT2D eigenvalue weighted by Crippen LogP contribution is -2.49. The van der Waals surface area contributed by atoms with E-state index in [-0.39, 0.29) is 11.7 Å². The third kappa shape index (κ3) is 3.60. The van der Waals surface area contributed by atoms with Crippen LogP contribution >= 0.6 is 0 Å². The number of piperazine rings is 1. The quantitative estimate of drug-likeness (QED) is 0.574. The second-order valence-electron chi connectivity index (χ2n) is 3.15. The molecule has 0 unspecified atom stereocenters. The minimum Gasteiger partial charge on any atom is -0.354 e. The molecule has 0 aromatic heterocycles. The van der Waals surface area contributed by atoms with Gasteiger partial charge in [-0.1, -0.05) is 0 Å². The number of carbonyl (C=O) groups excluding carboxylic acids is 1. The molecule has 1 saturated heterocycles. The molecule has 0 aromatic rings. The SMILES string of the molecule is CNS(=O)(=O)CCN1CCNC(=O)C1. The van der Waals surface area contributed by atoms with E-state index < -0.39 is 10.0 Å². The number of hydrogen-bond donors (Lipinski definition) is 2. The van der Waals surface area contributed by atoms with Crippen LogP contribution in [0.15, 0.2) is 0 Å². The highest BCUT2D eigenvalue weighted by Gasteiger charge is 2.17. The van der Waals surface area contributed by atoms with E-state index >= 15 is 0 Å². The zero-order valence-electron chi connectivity index (χ0n) is 8.12. The fourth-order valence-corrected chi connectivity index (χ4v) is 1.94. The molecule has 0 atom stereocenters. The van der Waals surface area contributed by atoms with Crippen molar-refractivity contribution >= 4 is 15.9 Å². The summed E-state index contributed by atoms with van der Waals surface area (Å²) in [7, 11) is -1.77. The van der Waals surface area contributed by atoms with Gasteiger partial charge in [-0.05, 0) is 7.05 Å². The third-order valence-corrected chi connectivity index (χ3v) is 3.45. The van der Waals surface area contributed by atoms with Gasteiger partial charge in [0.25, 0.3) is 0 Å². The van der Waals surface area contributed by atoms with Crippen LogP contribution in [-0.4, -0.2) is 58.2 Å². The van der Waals surface area contributed by atoms with Crippen molar-refractivity contribution in [2.24, 2.45) is 0 Å². The normalized spacial score (nSPS) is 19.4. The molecular formula is C7H15N3O3S. The Bertz CT molecular complexity index is 301. The standard InChI is InChI=1S/C7H15N3O3S/c1-8-14(12,13)5-4-10-3-2-9-7(11)6-10/h8H,2-6H2,1H3,(H,9,11). The molecule has 0 spiro atoms. The lowest BCUT2D eigenvalue weighted by molar-refractivity contribution is -0.123. The molecule has 1 heterocycles. The molecule has 14 heavy (non-hydrogen) atoms. The fraction of sp³-hybridized carbons (Fsp3) is 0.857. The number of rotatable bonds is 4. The average Bonchev–Trinajstić information content (AvgIpc) is 2.15. The molecule has 0 aromatic carbocycles. The van der Waals surface area contributed by atoms with E-state index in [0.717, 1.165) is 0 Å². The van der Waals surface area contributed by atoms with Crippen LogP contribution in [0.25, 0.3) is 0 Å². The van der Waals surface area contributed by atoms with Crippen molar-refractivity contribution in [3.05, 3.63) is 0 Å². The summed E-state index contributed by atoms with van der Waals surface area (Å²) in [5.74, 6) is -0.00495. The molecule has 6 nitrogen and oxygen atoms in total. The van der Waals surface area contributed by atoms with Crippen LogP contribution in [0, 0.1) is 0 Å². The van der Waals surface area contributed by atoms with E-state index in [1.54, 1.807) is 0 Å². The van der Waals surface area contributed by atoms with E-state index in [9.17, 15) is 13.2 Å². The van der Waals surface area contributed by atoms with E-state index in [1.165, 1.54) is 7.05 Å². The number of amides is 1. The zero-order valence-corrected chi connectivity index (χ0v) is 8.93. The molecule has 1 amide bonds. The lowest BCUT2D eigenvalue weighted by atomic mass is 10.3. The van der Waals surface area contributed by atoms with Crippen molar-refractivity contribution in [3.63, 3.8) is 0 Å². The van der Waals surface area contributed by atoms with Gasteiger partial charge in [0, 0.05) is 19.6 Å².